The third-order valence-corrected chi connectivity index (χ3v) is 5.26. The van der Waals surface area contributed by atoms with Gasteiger partial charge in [0.2, 0.25) is 0 Å². The smallest absolute Gasteiger partial charge is 0.269 e. The van der Waals surface area contributed by atoms with E-state index < -0.39 is 4.92 Å². The maximum absolute atomic E-state index is 12.4. The Morgan fingerprint density at radius 2 is 1.96 bits per heavy atom. The molecule has 0 radical (unpaired) electrons. The standard InChI is InChI=1S/C18H17N3O4S/c1-12(18-19-15-5-3-4-6-16(15)26-18)20(2)17(22)11-25-14-9-7-13(8-10-14)21(23)24/h3-10,12H,11H2,1-2H3/t12-/m0/s1. The molecule has 1 aromatic heterocycles. The monoisotopic (exact) mass is 371 g/mol. The number of rotatable bonds is 6. The minimum Gasteiger partial charge on any atom is -0.484 e. The lowest BCUT2D eigenvalue weighted by atomic mass is 10.3. The Hall–Kier alpha value is -3.00. The van der Waals surface area contributed by atoms with Crippen molar-refractivity contribution in [1.82, 2.24) is 9.88 Å². The zero-order chi connectivity index (χ0) is 18.7. The van der Waals surface area contributed by atoms with E-state index in [1.165, 1.54) is 24.3 Å². The third kappa shape index (κ3) is 3.80. The molecule has 7 nitrogen and oxygen atoms in total. The number of aromatic nitrogens is 1. The number of carbonyl (C=O) groups is 1. The average molecular weight is 371 g/mol. The molecule has 1 heterocycles. The van der Waals surface area contributed by atoms with Crippen LogP contribution >= 0.6 is 11.3 Å². The predicted octanol–water partition coefficient (Wildman–Crippen LogP) is 3.80. The highest BCUT2D eigenvalue weighted by Crippen LogP contribution is 2.28. The highest BCUT2D eigenvalue weighted by Gasteiger charge is 2.21. The summed E-state index contributed by atoms with van der Waals surface area (Å²) in [6, 6.07) is 13.3. The number of ether oxygens (including phenoxy) is 1. The first-order valence-corrected chi connectivity index (χ1v) is 8.75. The lowest BCUT2D eigenvalue weighted by Gasteiger charge is -2.23. The second-order valence-electron chi connectivity index (χ2n) is 5.74. The maximum atomic E-state index is 12.4. The summed E-state index contributed by atoms with van der Waals surface area (Å²) in [6.45, 7) is 1.77. The summed E-state index contributed by atoms with van der Waals surface area (Å²) in [5.41, 5.74) is 0.896. The Morgan fingerprint density at radius 3 is 2.62 bits per heavy atom. The summed E-state index contributed by atoms with van der Waals surface area (Å²) in [5.74, 6) is 0.208. The van der Waals surface area contributed by atoms with Gasteiger partial charge in [-0.15, -0.1) is 11.3 Å². The zero-order valence-electron chi connectivity index (χ0n) is 14.3. The van der Waals surface area contributed by atoms with Gasteiger partial charge in [-0.1, -0.05) is 12.1 Å². The second kappa shape index (κ2) is 7.49. The third-order valence-electron chi connectivity index (χ3n) is 4.05. The van der Waals surface area contributed by atoms with E-state index in [-0.39, 0.29) is 24.2 Å². The first-order chi connectivity index (χ1) is 12.5. The van der Waals surface area contributed by atoms with E-state index in [0.29, 0.717) is 5.75 Å². The molecule has 26 heavy (non-hydrogen) atoms. The molecular weight excluding hydrogens is 354 g/mol. The van der Waals surface area contributed by atoms with Crippen LogP contribution in [0.4, 0.5) is 5.69 Å². The van der Waals surface area contributed by atoms with E-state index in [1.54, 1.807) is 23.3 Å². The Balaban J connectivity index is 1.62. The molecule has 0 N–H and O–H groups in total. The fraction of sp³-hybridized carbons (Fsp3) is 0.222. The van der Waals surface area contributed by atoms with E-state index in [2.05, 4.69) is 4.98 Å². The number of hydrogen-bond donors (Lipinski definition) is 0. The van der Waals surface area contributed by atoms with Crippen LogP contribution in [0.2, 0.25) is 0 Å². The van der Waals surface area contributed by atoms with Crippen LogP contribution in [0.1, 0.15) is 18.0 Å². The number of benzene rings is 2. The van der Waals surface area contributed by atoms with Crippen molar-refractivity contribution >= 4 is 33.1 Å². The summed E-state index contributed by atoms with van der Waals surface area (Å²) in [4.78, 5) is 28.7. The van der Waals surface area contributed by atoms with Gasteiger partial charge in [-0.2, -0.15) is 0 Å². The molecule has 3 rings (SSSR count). The van der Waals surface area contributed by atoms with Crippen LogP contribution in [0.5, 0.6) is 5.75 Å². The first-order valence-electron chi connectivity index (χ1n) is 7.94. The van der Waals surface area contributed by atoms with Crippen molar-refractivity contribution in [2.75, 3.05) is 13.7 Å². The van der Waals surface area contributed by atoms with Crippen LogP contribution in [-0.2, 0) is 4.79 Å². The van der Waals surface area contributed by atoms with Gasteiger partial charge in [0, 0.05) is 19.2 Å². The predicted molar refractivity (Wildman–Crippen MR) is 99.4 cm³/mol. The number of fused-ring (bicyclic) bond motifs is 1. The number of carbonyl (C=O) groups excluding carboxylic acids is 1. The number of nitrogens with zero attached hydrogens (tertiary/aromatic N) is 3. The van der Waals surface area contributed by atoms with E-state index >= 15 is 0 Å². The van der Waals surface area contributed by atoms with E-state index in [0.717, 1.165) is 15.2 Å². The number of thiazole rings is 1. The molecule has 1 amide bonds. The molecule has 0 saturated carbocycles. The fourth-order valence-electron chi connectivity index (χ4n) is 2.36. The molecule has 0 unspecified atom stereocenters. The molecule has 0 fully saturated rings. The molecule has 0 aliphatic rings. The van der Waals surface area contributed by atoms with Crippen molar-refractivity contribution < 1.29 is 14.5 Å². The van der Waals surface area contributed by atoms with Gasteiger partial charge in [0.15, 0.2) is 6.61 Å². The zero-order valence-corrected chi connectivity index (χ0v) is 15.1. The molecule has 0 spiro atoms. The Labute approximate surface area is 154 Å². The molecule has 134 valence electrons. The number of nitro benzene ring substituents is 1. The van der Waals surface area contributed by atoms with Crippen LogP contribution < -0.4 is 4.74 Å². The van der Waals surface area contributed by atoms with E-state index in [4.69, 9.17) is 4.74 Å². The molecule has 3 aromatic rings. The second-order valence-corrected chi connectivity index (χ2v) is 6.80. The number of non-ortho nitro benzene ring substituents is 1. The van der Waals surface area contributed by atoms with Crippen molar-refractivity contribution in [3.05, 3.63) is 63.7 Å². The van der Waals surface area contributed by atoms with Crippen molar-refractivity contribution in [2.24, 2.45) is 0 Å². The lowest BCUT2D eigenvalue weighted by molar-refractivity contribution is -0.384. The number of likely N-dealkylation sites (N-methyl/N-ethyl adjacent to an activating group) is 1. The molecule has 0 saturated heterocycles. The molecule has 2 aromatic carbocycles. The van der Waals surface area contributed by atoms with Gasteiger partial charge in [-0.3, -0.25) is 14.9 Å². The molecule has 0 aliphatic heterocycles. The molecule has 8 heteroatoms. The maximum Gasteiger partial charge on any atom is 0.269 e. The van der Waals surface area contributed by atoms with E-state index in [1.807, 2.05) is 31.2 Å². The number of hydrogen-bond acceptors (Lipinski definition) is 6. The van der Waals surface area contributed by atoms with Crippen LogP contribution in [0.15, 0.2) is 48.5 Å². The summed E-state index contributed by atoms with van der Waals surface area (Å²) in [6.07, 6.45) is 0. The molecular formula is C18H17N3O4S. The lowest BCUT2D eigenvalue weighted by Crippen LogP contribution is -2.33. The fourth-order valence-corrected chi connectivity index (χ4v) is 3.42. The summed E-state index contributed by atoms with van der Waals surface area (Å²) in [7, 11) is 1.71. The normalized spacial score (nSPS) is 11.9. The van der Waals surface area contributed by atoms with Gasteiger partial charge in [0.1, 0.15) is 10.8 Å². The van der Waals surface area contributed by atoms with Gasteiger partial charge in [0.05, 0.1) is 21.2 Å². The van der Waals surface area contributed by atoms with Crippen molar-refractivity contribution in [3.8, 4) is 5.75 Å². The Kier molecular flexibility index (Phi) is 5.13. The first kappa shape index (κ1) is 17.8. The van der Waals surface area contributed by atoms with Crippen LogP contribution in [0.25, 0.3) is 10.2 Å². The highest BCUT2D eigenvalue weighted by atomic mass is 32.1. The number of nitro groups is 1. The SMILES string of the molecule is C[C@@H](c1nc2ccccc2s1)N(C)C(=O)COc1ccc([N+](=O)[O-])cc1. The van der Waals surface area contributed by atoms with Crippen LogP contribution in [0, 0.1) is 10.1 Å². The topological polar surface area (TPSA) is 85.6 Å². The largest absolute Gasteiger partial charge is 0.484 e. The highest BCUT2D eigenvalue weighted by molar-refractivity contribution is 7.18. The summed E-state index contributed by atoms with van der Waals surface area (Å²) < 4.78 is 6.52. The van der Waals surface area contributed by atoms with Crippen molar-refractivity contribution in [3.63, 3.8) is 0 Å². The van der Waals surface area contributed by atoms with Crippen molar-refractivity contribution in [2.45, 2.75) is 13.0 Å². The summed E-state index contributed by atoms with van der Waals surface area (Å²) >= 11 is 1.56. The minimum absolute atomic E-state index is 0.0229. The van der Waals surface area contributed by atoms with Gasteiger partial charge >= 0.3 is 0 Å². The van der Waals surface area contributed by atoms with Crippen LogP contribution in [-0.4, -0.2) is 34.4 Å². The van der Waals surface area contributed by atoms with Gasteiger partial charge in [-0.05, 0) is 31.2 Å². The van der Waals surface area contributed by atoms with Gasteiger partial charge in [-0.25, -0.2) is 4.98 Å². The number of para-hydroxylation sites is 1. The Morgan fingerprint density at radius 1 is 1.27 bits per heavy atom. The Bertz CT molecular complexity index is 906. The molecule has 1 atom stereocenters. The molecule has 0 bridgehead atoms. The minimum atomic E-state index is -0.484. The average Bonchev–Trinajstić information content (AvgIpc) is 3.09. The van der Waals surface area contributed by atoms with Gasteiger partial charge in [0.25, 0.3) is 11.6 Å². The number of amides is 1. The molecule has 0 aliphatic carbocycles. The quantitative estimate of drug-likeness (QED) is 0.486. The van der Waals surface area contributed by atoms with Gasteiger partial charge < -0.3 is 9.64 Å². The van der Waals surface area contributed by atoms with Crippen molar-refractivity contribution in [1.29, 1.82) is 0 Å². The van der Waals surface area contributed by atoms with Crippen LogP contribution in [0.3, 0.4) is 0 Å². The van der Waals surface area contributed by atoms with E-state index in [9.17, 15) is 14.9 Å². The summed E-state index contributed by atoms with van der Waals surface area (Å²) in [5, 5.41) is 11.5.